The summed E-state index contributed by atoms with van der Waals surface area (Å²) in [6, 6.07) is 9.08. The van der Waals surface area contributed by atoms with Crippen molar-refractivity contribution in [1.29, 1.82) is 0 Å². The normalized spacial score (nSPS) is 24.9. The summed E-state index contributed by atoms with van der Waals surface area (Å²) >= 11 is 0. The van der Waals surface area contributed by atoms with E-state index in [4.69, 9.17) is 4.74 Å². The Morgan fingerprint density at radius 2 is 1.86 bits per heavy atom. The first-order valence-electron chi connectivity index (χ1n) is 8.50. The topological polar surface area (TPSA) is 29.5 Å². The van der Waals surface area contributed by atoms with Crippen LogP contribution < -0.4 is 0 Å². The van der Waals surface area contributed by atoms with Crippen LogP contribution in [0.3, 0.4) is 0 Å². The van der Waals surface area contributed by atoms with Crippen molar-refractivity contribution in [2.24, 2.45) is 5.92 Å². The molecule has 0 aliphatic carbocycles. The predicted octanol–water partition coefficient (Wildman–Crippen LogP) is 3.34. The molecule has 1 spiro atoms. The summed E-state index contributed by atoms with van der Waals surface area (Å²) in [4.78, 5) is 14.8. The van der Waals surface area contributed by atoms with Gasteiger partial charge in [-0.1, -0.05) is 29.8 Å². The smallest absolute Gasteiger partial charge is 0.309 e. The van der Waals surface area contributed by atoms with E-state index in [1.54, 1.807) is 0 Å². The molecule has 0 N–H and O–H groups in total. The molecule has 2 fully saturated rings. The molecule has 1 aromatic rings. The summed E-state index contributed by atoms with van der Waals surface area (Å²) in [5.74, 6) is 0.0480. The quantitative estimate of drug-likeness (QED) is 0.802. The van der Waals surface area contributed by atoms with Gasteiger partial charge in [-0.3, -0.25) is 4.79 Å². The van der Waals surface area contributed by atoms with Gasteiger partial charge in [-0.15, -0.1) is 0 Å². The molecule has 0 radical (unpaired) electrons. The zero-order valence-electron chi connectivity index (χ0n) is 14.0. The Hall–Kier alpha value is -1.35. The number of hydrogen-bond donors (Lipinski definition) is 0. The summed E-state index contributed by atoms with van der Waals surface area (Å²) < 4.78 is 5.86. The van der Waals surface area contributed by atoms with E-state index >= 15 is 0 Å². The molecule has 0 saturated carbocycles. The van der Waals surface area contributed by atoms with Gasteiger partial charge in [-0.05, 0) is 32.8 Å². The molecule has 120 valence electrons. The first kappa shape index (κ1) is 15.5. The van der Waals surface area contributed by atoms with Crippen LogP contribution in [-0.2, 0) is 16.0 Å². The van der Waals surface area contributed by atoms with Gasteiger partial charge in [0.25, 0.3) is 0 Å². The van der Waals surface area contributed by atoms with E-state index in [2.05, 4.69) is 49.9 Å². The second-order valence-corrected chi connectivity index (χ2v) is 7.32. The Morgan fingerprint density at radius 3 is 2.45 bits per heavy atom. The second-order valence-electron chi connectivity index (χ2n) is 7.32. The minimum absolute atomic E-state index is 0.0126. The highest BCUT2D eigenvalue weighted by molar-refractivity contribution is 5.75. The van der Waals surface area contributed by atoms with Gasteiger partial charge in [0, 0.05) is 38.4 Å². The third kappa shape index (κ3) is 3.19. The lowest BCUT2D eigenvalue weighted by molar-refractivity contribution is -0.154. The van der Waals surface area contributed by atoms with E-state index < -0.39 is 0 Å². The number of esters is 1. The molecule has 1 unspecified atom stereocenters. The van der Waals surface area contributed by atoms with Crippen LogP contribution in [0.4, 0.5) is 0 Å². The van der Waals surface area contributed by atoms with Crippen LogP contribution in [0.2, 0.25) is 0 Å². The van der Waals surface area contributed by atoms with Gasteiger partial charge in [0.15, 0.2) is 0 Å². The number of nitrogens with zero attached hydrogens (tertiary/aromatic N) is 1. The van der Waals surface area contributed by atoms with Crippen LogP contribution in [0.1, 0.15) is 44.2 Å². The fraction of sp³-hybridized carbons (Fsp3) is 0.632. The standard InChI is InChI=1S/C19H27NO2/c1-14(2)20-10-8-19(9-11-20)13-17(18(21)22-19)12-16-6-4-15(3)5-7-16/h4-7,14,17H,8-13H2,1-3H3. The molecule has 2 aliphatic heterocycles. The Bertz CT molecular complexity index is 527. The highest BCUT2D eigenvalue weighted by Crippen LogP contribution is 2.40. The van der Waals surface area contributed by atoms with Crippen molar-refractivity contribution in [3.63, 3.8) is 0 Å². The first-order chi connectivity index (χ1) is 10.5. The van der Waals surface area contributed by atoms with Crippen molar-refractivity contribution in [2.75, 3.05) is 13.1 Å². The number of ether oxygens (including phenoxy) is 1. The number of carbonyl (C=O) groups excluding carboxylic acids is 1. The van der Waals surface area contributed by atoms with Gasteiger partial charge in [0.2, 0.25) is 0 Å². The SMILES string of the molecule is Cc1ccc(CC2CC3(CCN(C(C)C)CC3)OC2=O)cc1. The van der Waals surface area contributed by atoms with Gasteiger partial charge < -0.3 is 9.64 Å². The zero-order valence-corrected chi connectivity index (χ0v) is 14.0. The Balaban J connectivity index is 1.62. The zero-order chi connectivity index (χ0) is 15.7. The van der Waals surface area contributed by atoms with Gasteiger partial charge in [0.05, 0.1) is 5.92 Å². The van der Waals surface area contributed by atoms with Crippen LogP contribution >= 0.6 is 0 Å². The average molecular weight is 301 g/mol. The van der Waals surface area contributed by atoms with Crippen molar-refractivity contribution < 1.29 is 9.53 Å². The molecule has 3 heteroatoms. The van der Waals surface area contributed by atoms with Crippen molar-refractivity contribution in [3.05, 3.63) is 35.4 Å². The Morgan fingerprint density at radius 1 is 1.23 bits per heavy atom. The highest BCUT2D eigenvalue weighted by Gasteiger charge is 2.48. The van der Waals surface area contributed by atoms with Gasteiger partial charge >= 0.3 is 5.97 Å². The minimum Gasteiger partial charge on any atom is -0.459 e. The molecular formula is C19H27NO2. The van der Waals surface area contributed by atoms with Crippen LogP contribution in [0, 0.1) is 12.8 Å². The molecule has 3 nitrogen and oxygen atoms in total. The number of rotatable bonds is 3. The monoisotopic (exact) mass is 301 g/mol. The van der Waals surface area contributed by atoms with E-state index in [-0.39, 0.29) is 17.5 Å². The third-order valence-electron chi connectivity index (χ3n) is 5.31. The van der Waals surface area contributed by atoms with Gasteiger partial charge in [-0.2, -0.15) is 0 Å². The van der Waals surface area contributed by atoms with Crippen molar-refractivity contribution in [3.8, 4) is 0 Å². The van der Waals surface area contributed by atoms with Crippen molar-refractivity contribution in [2.45, 2.75) is 58.1 Å². The molecule has 2 heterocycles. The van der Waals surface area contributed by atoms with Crippen LogP contribution in [0.25, 0.3) is 0 Å². The first-order valence-corrected chi connectivity index (χ1v) is 8.50. The van der Waals surface area contributed by atoms with Crippen molar-refractivity contribution in [1.82, 2.24) is 4.90 Å². The maximum Gasteiger partial charge on any atom is 0.309 e. The summed E-state index contributed by atoms with van der Waals surface area (Å²) in [6.07, 6.45) is 3.68. The number of hydrogen-bond acceptors (Lipinski definition) is 3. The van der Waals surface area contributed by atoms with Crippen LogP contribution in [0.15, 0.2) is 24.3 Å². The Kier molecular flexibility index (Phi) is 4.26. The van der Waals surface area contributed by atoms with Crippen LogP contribution in [-0.4, -0.2) is 35.6 Å². The summed E-state index contributed by atoms with van der Waals surface area (Å²) in [5, 5.41) is 0. The van der Waals surface area contributed by atoms with E-state index in [0.29, 0.717) is 6.04 Å². The minimum atomic E-state index is -0.183. The molecule has 1 atom stereocenters. The summed E-state index contributed by atoms with van der Waals surface area (Å²) in [5.41, 5.74) is 2.32. The lowest BCUT2D eigenvalue weighted by Gasteiger charge is -2.39. The highest BCUT2D eigenvalue weighted by atomic mass is 16.6. The number of carbonyl (C=O) groups is 1. The Labute approximate surface area is 133 Å². The molecule has 1 aromatic carbocycles. The van der Waals surface area contributed by atoms with Crippen molar-refractivity contribution >= 4 is 5.97 Å². The van der Waals surface area contributed by atoms with E-state index in [0.717, 1.165) is 38.8 Å². The van der Waals surface area contributed by atoms with E-state index in [9.17, 15) is 4.79 Å². The summed E-state index contributed by atoms with van der Waals surface area (Å²) in [6.45, 7) is 8.65. The number of aryl methyl sites for hydroxylation is 1. The molecule has 0 aromatic heterocycles. The lowest BCUT2D eigenvalue weighted by Crippen LogP contribution is -2.46. The van der Waals surface area contributed by atoms with E-state index in [1.165, 1.54) is 11.1 Å². The average Bonchev–Trinajstić information content (AvgIpc) is 2.77. The fourth-order valence-corrected chi connectivity index (χ4v) is 3.79. The van der Waals surface area contributed by atoms with Crippen LogP contribution in [0.5, 0.6) is 0 Å². The molecule has 3 rings (SSSR count). The molecular weight excluding hydrogens is 274 g/mol. The second kappa shape index (κ2) is 6.04. The largest absolute Gasteiger partial charge is 0.459 e. The third-order valence-corrected chi connectivity index (χ3v) is 5.31. The van der Waals surface area contributed by atoms with Gasteiger partial charge in [0.1, 0.15) is 5.60 Å². The summed E-state index contributed by atoms with van der Waals surface area (Å²) in [7, 11) is 0. The van der Waals surface area contributed by atoms with Gasteiger partial charge in [-0.25, -0.2) is 0 Å². The molecule has 0 amide bonds. The van der Waals surface area contributed by atoms with E-state index in [1.807, 2.05) is 0 Å². The molecule has 2 saturated heterocycles. The lowest BCUT2D eigenvalue weighted by atomic mass is 9.83. The maximum atomic E-state index is 12.3. The maximum absolute atomic E-state index is 12.3. The molecule has 22 heavy (non-hydrogen) atoms. The number of likely N-dealkylation sites (tertiary alicyclic amines) is 1. The fourth-order valence-electron chi connectivity index (χ4n) is 3.79. The molecule has 0 bridgehead atoms. The molecule has 2 aliphatic rings. The number of benzene rings is 1. The predicted molar refractivity (Wildman–Crippen MR) is 87.8 cm³/mol. The number of piperidine rings is 1.